The zero-order valence-corrected chi connectivity index (χ0v) is 11.8. The lowest BCUT2D eigenvalue weighted by atomic mass is 10.3. The zero-order valence-electron chi connectivity index (χ0n) is 10.2. The standard InChI is InChI=1S/C12H15NO3S2/c1-8(12(15)16)18-7-11(14)13-9-5-3-4-6-10(9)17-2/h3-6,8H,7H2,1-2H3,(H,13,14)(H,15,16). The number of nitrogens with one attached hydrogen (secondary N) is 1. The molecule has 1 aromatic carbocycles. The highest BCUT2D eigenvalue weighted by Crippen LogP contribution is 2.24. The molecule has 1 atom stereocenters. The van der Waals surface area contributed by atoms with E-state index in [2.05, 4.69) is 5.32 Å². The van der Waals surface area contributed by atoms with Crippen molar-refractivity contribution < 1.29 is 14.7 Å². The van der Waals surface area contributed by atoms with E-state index in [9.17, 15) is 9.59 Å². The highest BCUT2D eigenvalue weighted by molar-refractivity contribution is 8.01. The third-order valence-electron chi connectivity index (χ3n) is 2.19. The molecule has 1 unspecified atom stereocenters. The van der Waals surface area contributed by atoms with Gasteiger partial charge in [0.05, 0.1) is 16.7 Å². The Morgan fingerprint density at radius 3 is 2.67 bits per heavy atom. The van der Waals surface area contributed by atoms with E-state index in [1.165, 1.54) is 0 Å². The van der Waals surface area contributed by atoms with Crippen LogP contribution in [-0.4, -0.2) is 34.2 Å². The fourth-order valence-corrected chi connectivity index (χ4v) is 2.38. The number of carboxylic acid groups (broad SMARTS) is 1. The monoisotopic (exact) mass is 285 g/mol. The van der Waals surface area contributed by atoms with Gasteiger partial charge in [0.25, 0.3) is 0 Å². The SMILES string of the molecule is CSc1ccccc1NC(=O)CSC(C)C(=O)O. The molecule has 1 aromatic rings. The molecule has 0 saturated heterocycles. The number of aliphatic carboxylic acids is 1. The normalized spacial score (nSPS) is 11.9. The van der Waals surface area contributed by atoms with Crippen LogP contribution in [-0.2, 0) is 9.59 Å². The van der Waals surface area contributed by atoms with E-state index in [0.29, 0.717) is 0 Å². The summed E-state index contributed by atoms with van der Waals surface area (Å²) in [5, 5.41) is 10.9. The first kappa shape index (κ1) is 14.9. The summed E-state index contributed by atoms with van der Waals surface area (Å²) < 4.78 is 0. The van der Waals surface area contributed by atoms with Crippen molar-refractivity contribution in [2.45, 2.75) is 17.1 Å². The van der Waals surface area contributed by atoms with Gasteiger partial charge in [-0.05, 0) is 25.3 Å². The summed E-state index contributed by atoms with van der Waals surface area (Å²) in [5.41, 5.74) is 0.763. The van der Waals surface area contributed by atoms with Gasteiger partial charge in [0, 0.05) is 4.90 Å². The van der Waals surface area contributed by atoms with Crippen LogP contribution in [0.5, 0.6) is 0 Å². The highest BCUT2D eigenvalue weighted by atomic mass is 32.2. The number of rotatable bonds is 6. The van der Waals surface area contributed by atoms with Crippen molar-refractivity contribution in [1.82, 2.24) is 0 Å². The van der Waals surface area contributed by atoms with Crippen molar-refractivity contribution in [3.63, 3.8) is 0 Å². The minimum Gasteiger partial charge on any atom is -0.480 e. The molecule has 18 heavy (non-hydrogen) atoms. The molecular formula is C12H15NO3S2. The number of amides is 1. The third kappa shape index (κ3) is 4.62. The lowest BCUT2D eigenvalue weighted by Crippen LogP contribution is -2.19. The molecule has 1 amide bonds. The molecule has 0 heterocycles. The topological polar surface area (TPSA) is 66.4 Å². The van der Waals surface area contributed by atoms with Crippen LogP contribution in [0.3, 0.4) is 0 Å². The largest absolute Gasteiger partial charge is 0.480 e. The Labute approximate surface area is 115 Å². The van der Waals surface area contributed by atoms with Gasteiger partial charge in [-0.3, -0.25) is 9.59 Å². The molecule has 0 radical (unpaired) electrons. The first-order valence-electron chi connectivity index (χ1n) is 5.32. The number of carbonyl (C=O) groups excluding carboxylic acids is 1. The molecule has 0 spiro atoms. The van der Waals surface area contributed by atoms with E-state index in [-0.39, 0.29) is 11.7 Å². The number of thioether (sulfide) groups is 2. The van der Waals surface area contributed by atoms with Crippen LogP contribution in [0.1, 0.15) is 6.92 Å². The summed E-state index contributed by atoms with van der Waals surface area (Å²) in [7, 11) is 0. The van der Waals surface area contributed by atoms with Crippen molar-refractivity contribution in [1.29, 1.82) is 0 Å². The molecule has 0 bridgehead atoms. The number of benzene rings is 1. The number of para-hydroxylation sites is 1. The van der Waals surface area contributed by atoms with Crippen molar-refractivity contribution in [3.05, 3.63) is 24.3 Å². The van der Waals surface area contributed by atoms with Gasteiger partial charge in [0.15, 0.2) is 0 Å². The minimum absolute atomic E-state index is 0.135. The van der Waals surface area contributed by atoms with E-state index in [4.69, 9.17) is 5.11 Å². The Morgan fingerprint density at radius 1 is 1.39 bits per heavy atom. The molecule has 2 N–H and O–H groups in total. The fourth-order valence-electron chi connectivity index (χ4n) is 1.21. The summed E-state index contributed by atoms with van der Waals surface area (Å²) in [6.45, 7) is 1.57. The summed E-state index contributed by atoms with van der Waals surface area (Å²) in [6.07, 6.45) is 1.94. The summed E-state index contributed by atoms with van der Waals surface area (Å²) in [4.78, 5) is 23.3. The van der Waals surface area contributed by atoms with Gasteiger partial charge in [-0.1, -0.05) is 12.1 Å². The van der Waals surface area contributed by atoms with Crippen LogP contribution in [0.2, 0.25) is 0 Å². The number of carbonyl (C=O) groups is 2. The number of carboxylic acids is 1. The van der Waals surface area contributed by atoms with E-state index < -0.39 is 11.2 Å². The van der Waals surface area contributed by atoms with E-state index in [0.717, 1.165) is 22.3 Å². The van der Waals surface area contributed by atoms with Gasteiger partial charge in [0.1, 0.15) is 0 Å². The van der Waals surface area contributed by atoms with Crippen LogP contribution >= 0.6 is 23.5 Å². The lowest BCUT2D eigenvalue weighted by molar-refractivity contribution is -0.136. The van der Waals surface area contributed by atoms with E-state index >= 15 is 0 Å². The van der Waals surface area contributed by atoms with Crippen LogP contribution < -0.4 is 5.32 Å². The fraction of sp³-hybridized carbons (Fsp3) is 0.333. The molecule has 4 nitrogen and oxygen atoms in total. The van der Waals surface area contributed by atoms with Crippen LogP contribution in [0.25, 0.3) is 0 Å². The van der Waals surface area contributed by atoms with Crippen molar-refractivity contribution in [3.8, 4) is 0 Å². The molecule has 0 aliphatic heterocycles. The Bertz CT molecular complexity index is 437. The van der Waals surface area contributed by atoms with Gasteiger partial charge >= 0.3 is 5.97 Å². The van der Waals surface area contributed by atoms with Gasteiger partial charge < -0.3 is 10.4 Å². The molecule has 0 fully saturated rings. The summed E-state index contributed by atoms with van der Waals surface area (Å²) in [6, 6.07) is 7.51. The number of hydrogen-bond donors (Lipinski definition) is 2. The number of hydrogen-bond acceptors (Lipinski definition) is 4. The van der Waals surface area contributed by atoms with E-state index in [1.807, 2.05) is 30.5 Å². The quantitative estimate of drug-likeness (QED) is 0.786. The van der Waals surface area contributed by atoms with E-state index in [1.54, 1.807) is 18.7 Å². The maximum absolute atomic E-state index is 11.7. The van der Waals surface area contributed by atoms with Crippen molar-refractivity contribution in [2.24, 2.45) is 0 Å². The summed E-state index contributed by atoms with van der Waals surface area (Å²) in [5.74, 6) is -0.956. The second kappa shape index (κ2) is 7.33. The Balaban J connectivity index is 2.52. The molecule has 0 aliphatic carbocycles. The Kier molecular flexibility index (Phi) is 6.07. The molecule has 1 rings (SSSR count). The average Bonchev–Trinajstić information content (AvgIpc) is 2.36. The second-order valence-electron chi connectivity index (χ2n) is 3.54. The van der Waals surface area contributed by atoms with Gasteiger partial charge in [0.2, 0.25) is 5.91 Å². The van der Waals surface area contributed by atoms with Gasteiger partial charge in [-0.15, -0.1) is 23.5 Å². The van der Waals surface area contributed by atoms with Crippen molar-refractivity contribution >= 4 is 41.1 Å². The van der Waals surface area contributed by atoms with Crippen LogP contribution in [0, 0.1) is 0 Å². The molecule has 0 saturated carbocycles. The summed E-state index contributed by atoms with van der Waals surface area (Å²) >= 11 is 2.66. The Hall–Kier alpha value is -1.14. The minimum atomic E-state index is -0.905. The third-order valence-corrected chi connectivity index (χ3v) is 4.12. The molecule has 98 valence electrons. The first-order chi connectivity index (χ1) is 8.54. The highest BCUT2D eigenvalue weighted by Gasteiger charge is 2.14. The van der Waals surface area contributed by atoms with Crippen molar-refractivity contribution in [2.75, 3.05) is 17.3 Å². The van der Waals surface area contributed by atoms with Gasteiger partial charge in [-0.2, -0.15) is 0 Å². The zero-order chi connectivity index (χ0) is 13.5. The second-order valence-corrected chi connectivity index (χ2v) is 5.72. The van der Waals surface area contributed by atoms with Crippen LogP contribution in [0.4, 0.5) is 5.69 Å². The predicted molar refractivity (Wildman–Crippen MR) is 76.4 cm³/mol. The maximum atomic E-state index is 11.7. The predicted octanol–water partition coefficient (Wildman–Crippen LogP) is 2.55. The van der Waals surface area contributed by atoms with Gasteiger partial charge in [-0.25, -0.2) is 0 Å². The first-order valence-corrected chi connectivity index (χ1v) is 7.59. The maximum Gasteiger partial charge on any atom is 0.316 e. The smallest absolute Gasteiger partial charge is 0.316 e. The molecule has 0 aromatic heterocycles. The molecule has 6 heteroatoms. The van der Waals surface area contributed by atoms with Crippen LogP contribution in [0.15, 0.2) is 29.2 Å². The average molecular weight is 285 g/mol. The lowest BCUT2D eigenvalue weighted by Gasteiger charge is -2.10. The molecule has 0 aliphatic rings. The Morgan fingerprint density at radius 2 is 2.06 bits per heavy atom. The number of anilines is 1. The molecular weight excluding hydrogens is 270 g/mol.